The number of benzene rings is 2. The number of para-hydroxylation sites is 1. The molecule has 3 N–H and O–H groups in total. The van der Waals surface area contributed by atoms with Gasteiger partial charge in [0.05, 0.1) is 19.4 Å². The lowest BCUT2D eigenvalue weighted by molar-refractivity contribution is -0.138. The third-order valence-electron chi connectivity index (χ3n) is 3.46. The summed E-state index contributed by atoms with van der Waals surface area (Å²) < 4.78 is 15.5. The molecule has 0 unspecified atom stereocenters. The second-order valence-corrected chi connectivity index (χ2v) is 5.55. The van der Waals surface area contributed by atoms with Crippen LogP contribution < -0.4 is 10.5 Å². The van der Waals surface area contributed by atoms with Crippen LogP contribution in [0, 0.1) is 0 Å². The SMILES string of the molecule is CCOC(=O)C(C(N)=N/N=C/c1ccc(Oc2ccccc2)cc1)=C(O)OCC. The molecule has 29 heavy (non-hydrogen) atoms. The number of nitrogens with two attached hydrogens (primary N) is 1. The minimum Gasteiger partial charge on any atom is -0.480 e. The van der Waals surface area contributed by atoms with Gasteiger partial charge in [0.2, 0.25) is 0 Å². The summed E-state index contributed by atoms with van der Waals surface area (Å²) in [5.74, 6) is -0.430. The number of rotatable bonds is 9. The Kier molecular flexibility index (Phi) is 8.25. The first-order chi connectivity index (χ1) is 14.0. The summed E-state index contributed by atoms with van der Waals surface area (Å²) in [7, 11) is 0. The van der Waals surface area contributed by atoms with Crippen LogP contribution in [-0.4, -0.2) is 36.3 Å². The summed E-state index contributed by atoms with van der Waals surface area (Å²) in [6.45, 7) is 3.53. The van der Waals surface area contributed by atoms with Crippen molar-refractivity contribution in [2.45, 2.75) is 13.8 Å². The van der Waals surface area contributed by atoms with Crippen molar-refractivity contribution in [2.75, 3.05) is 13.2 Å². The molecule has 2 aromatic carbocycles. The Balaban J connectivity index is 2.10. The summed E-state index contributed by atoms with van der Waals surface area (Å²) in [6, 6.07) is 16.6. The largest absolute Gasteiger partial charge is 0.480 e. The van der Waals surface area contributed by atoms with Crippen molar-refractivity contribution in [1.29, 1.82) is 0 Å². The summed E-state index contributed by atoms with van der Waals surface area (Å²) in [5, 5.41) is 17.5. The smallest absolute Gasteiger partial charge is 0.349 e. The molecular formula is C21H23N3O5. The van der Waals surface area contributed by atoms with E-state index in [4.69, 9.17) is 19.9 Å². The standard InChI is InChI=1S/C21H23N3O5/c1-3-27-20(25)18(21(26)28-4-2)19(22)24-23-14-15-10-12-17(13-11-15)29-16-8-6-5-7-9-16/h5-14,25H,3-4H2,1-2H3,(H2,22,24)/b20-18?,23-14+. The minimum absolute atomic E-state index is 0.107. The number of ether oxygens (including phenoxy) is 3. The molecule has 2 rings (SSSR count). The molecule has 0 bridgehead atoms. The Morgan fingerprint density at radius 1 is 1.00 bits per heavy atom. The number of nitrogens with zero attached hydrogens (tertiary/aromatic N) is 2. The molecular weight excluding hydrogens is 374 g/mol. The molecule has 0 saturated heterocycles. The topological polar surface area (TPSA) is 116 Å². The first-order valence-electron chi connectivity index (χ1n) is 8.98. The van der Waals surface area contributed by atoms with Gasteiger partial charge in [0, 0.05) is 0 Å². The lowest BCUT2D eigenvalue weighted by atomic mass is 10.2. The fourth-order valence-corrected chi connectivity index (χ4v) is 2.17. The zero-order valence-electron chi connectivity index (χ0n) is 16.2. The van der Waals surface area contributed by atoms with Crippen molar-refractivity contribution in [3.05, 3.63) is 71.7 Å². The van der Waals surface area contributed by atoms with Gasteiger partial charge < -0.3 is 25.1 Å². The summed E-state index contributed by atoms with van der Waals surface area (Å²) in [6.07, 6.45) is 1.44. The Labute approximate surface area is 168 Å². The van der Waals surface area contributed by atoms with E-state index in [-0.39, 0.29) is 24.6 Å². The van der Waals surface area contributed by atoms with Crippen LogP contribution in [0.1, 0.15) is 19.4 Å². The fraction of sp³-hybridized carbons (Fsp3) is 0.190. The van der Waals surface area contributed by atoms with Crippen LogP contribution in [0.2, 0.25) is 0 Å². The van der Waals surface area contributed by atoms with E-state index in [9.17, 15) is 9.90 Å². The van der Waals surface area contributed by atoms with Crippen LogP contribution in [-0.2, 0) is 14.3 Å². The minimum atomic E-state index is -0.850. The number of carbonyl (C=O) groups is 1. The Morgan fingerprint density at radius 2 is 1.62 bits per heavy atom. The van der Waals surface area contributed by atoms with Gasteiger partial charge >= 0.3 is 5.97 Å². The molecule has 152 valence electrons. The second kappa shape index (κ2) is 11.1. The fourth-order valence-electron chi connectivity index (χ4n) is 2.17. The lowest BCUT2D eigenvalue weighted by Crippen LogP contribution is -2.25. The van der Waals surface area contributed by atoms with Gasteiger partial charge in [-0.15, -0.1) is 5.10 Å². The first-order valence-corrected chi connectivity index (χ1v) is 8.98. The van der Waals surface area contributed by atoms with Gasteiger partial charge in [0.15, 0.2) is 11.4 Å². The number of esters is 1. The molecule has 8 heteroatoms. The highest BCUT2D eigenvalue weighted by Gasteiger charge is 2.22. The van der Waals surface area contributed by atoms with Gasteiger partial charge in [-0.2, -0.15) is 5.10 Å². The normalized spacial score (nSPS) is 12.4. The number of amidine groups is 1. The molecule has 8 nitrogen and oxygen atoms in total. The highest BCUT2D eigenvalue weighted by molar-refractivity contribution is 6.18. The van der Waals surface area contributed by atoms with E-state index >= 15 is 0 Å². The molecule has 0 aliphatic heterocycles. The zero-order valence-corrected chi connectivity index (χ0v) is 16.2. The van der Waals surface area contributed by atoms with Crippen LogP contribution in [0.25, 0.3) is 0 Å². The van der Waals surface area contributed by atoms with E-state index in [1.807, 2.05) is 30.3 Å². The maximum atomic E-state index is 12.0. The van der Waals surface area contributed by atoms with E-state index in [1.54, 1.807) is 38.1 Å². The number of aliphatic hydroxyl groups excluding tert-OH is 1. The highest BCUT2D eigenvalue weighted by Crippen LogP contribution is 2.20. The Hall–Kier alpha value is -3.81. The number of hydrogen-bond donors (Lipinski definition) is 2. The maximum absolute atomic E-state index is 12.0. The third kappa shape index (κ3) is 6.69. The zero-order chi connectivity index (χ0) is 21.1. The van der Waals surface area contributed by atoms with E-state index in [1.165, 1.54) is 6.21 Å². The lowest BCUT2D eigenvalue weighted by Gasteiger charge is -2.08. The monoisotopic (exact) mass is 397 g/mol. The molecule has 0 aliphatic carbocycles. The third-order valence-corrected chi connectivity index (χ3v) is 3.46. The number of carbonyl (C=O) groups excluding carboxylic acids is 1. The van der Waals surface area contributed by atoms with Crippen LogP contribution >= 0.6 is 0 Å². The quantitative estimate of drug-likeness (QED) is 0.167. The summed E-state index contributed by atoms with van der Waals surface area (Å²) in [5.41, 5.74) is 6.13. The van der Waals surface area contributed by atoms with Crippen LogP contribution in [0.4, 0.5) is 0 Å². The molecule has 0 aromatic heterocycles. The molecule has 0 radical (unpaired) electrons. The van der Waals surface area contributed by atoms with Crippen molar-refractivity contribution < 1.29 is 24.1 Å². The van der Waals surface area contributed by atoms with E-state index in [2.05, 4.69) is 10.2 Å². The molecule has 0 spiro atoms. The number of hydrogen-bond acceptors (Lipinski definition) is 7. The predicted octanol–water partition coefficient (Wildman–Crippen LogP) is 3.54. The average Bonchev–Trinajstić information content (AvgIpc) is 2.71. The first kappa shape index (κ1) is 21.5. The van der Waals surface area contributed by atoms with Gasteiger partial charge in [-0.1, -0.05) is 18.2 Å². The van der Waals surface area contributed by atoms with Gasteiger partial charge in [-0.25, -0.2) is 4.79 Å². The van der Waals surface area contributed by atoms with E-state index in [0.717, 1.165) is 11.3 Å². The Morgan fingerprint density at radius 3 is 2.24 bits per heavy atom. The van der Waals surface area contributed by atoms with Crippen LogP contribution in [0.5, 0.6) is 11.5 Å². The van der Waals surface area contributed by atoms with E-state index in [0.29, 0.717) is 5.75 Å². The van der Waals surface area contributed by atoms with Crippen molar-refractivity contribution in [3.8, 4) is 11.5 Å². The van der Waals surface area contributed by atoms with Crippen molar-refractivity contribution >= 4 is 18.0 Å². The van der Waals surface area contributed by atoms with Crippen LogP contribution in [0.3, 0.4) is 0 Å². The predicted molar refractivity (Wildman–Crippen MR) is 110 cm³/mol. The highest BCUT2D eigenvalue weighted by atomic mass is 16.6. The van der Waals surface area contributed by atoms with Crippen molar-refractivity contribution in [2.24, 2.45) is 15.9 Å². The van der Waals surface area contributed by atoms with Gasteiger partial charge in [-0.05, 0) is 55.8 Å². The molecule has 2 aromatic rings. The molecule has 0 atom stereocenters. The van der Waals surface area contributed by atoms with E-state index < -0.39 is 11.9 Å². The van der Waals surface area contributed by atoms with Gasteiger partial charge in [-0.3, -0.25) is 0 Å². The molecule has 0 amide bonds. The molecule has 0 heterocycles. The average molecular weight is 397 g/mol. The molecule has 0 saturated carbocycles. The van der Waals surface area contributed by atoms with Crippen LogP contribution in [0.15, 0.2) is 76.3 Å². The summed E-state index contributed by atoms with van der Waals surface area (Å²) in [4.78, 5) is 12.0. The summed E-state index contributed by atoms with van der Waals surface area (Å²) >= 11 is 0. The number of aliphatic hydroxyl groups is 1. The molecule has 0 fully saturated rings. The maximum Gasteiger partial charge on any atom is 0.349 e. The molecule has 0 aliphatic rings. The van der Waals surface area contributed by atoms with Crippen molar-refractivity contribution in [1.82, 2.24) is 0 Å². The van der Waals surface area contributed by atoms with Gasteiger partial charge in [0.1, 0.15) is 11.5 Å². The van der Waals surface area contributed by atoms with Crippen molar-refractivity contribution in [3.63, 3.8) is 0 Å². The van der Waals surface area contributed by atoms with Gasteiger partial charge in [0.25, 0.3) is 5.95 Å². The second-order valence-electron chi connectivity index (χ2n) is 5.55. The Bertz CT molecular complexity index is 890.